The number of hydrogen-bond donors (Lipinski definition) is 3. The molecule has 6 heteroatoms. The Morgan fingerprint density at radius 1 is 1.43 bits per heavy atom. The highest BCUT2D eigenvalue weighted by Crippen LogP contribution is 2.33. The van der Waals surface area contributed by atoms with Crippen molar-refractivity contribution in [2.45, 2.75) is 51.2 Å². The lowest BCUT2D eigenvalue weighted by atomic mass is 9.98. The molecule has 0 saturated heterocycles. The van der Waals surface area contributed by atoms with Gasteiger partial charge in [-0.2, -0.15) is 0 Å². The lowest BCUT2D eigenvalue weighted by molar-refractivity contribution is 0.0348. The van der Waals surface area contributed by atoms with Crippen LogP contribution in [0.3, 0.4) is 0 Å². The molecule has 3 N–H and O–H groups in total. The molecule has 23 heavy (non-hydrogen) atoms. The molecule has 128 valence electrons. The molecule has 1 unspecified atom stereocenters. The van der Waals surface area contributed by atoms with E-state index in [4.69, 9.17) is 4.74 Å². The predicted molar refractivity (Wildman–Crippen MR) is 85.9 cm³/mol. The van der Waals surface area contributed by atoms with E-state index in [2.05, 4.69) is 10.6 Å². The highest BCUT2D eigenvalue weighted by molar-refractivity contribution is 5.74. The van der Waals surface area contributed by atoms with Gasteiger partial charge >= 0.3 is 6.03 Å². The molecule has 0 aromatic heterocycles. The Balaban J connectivity index is 2.03. The molecule has 1 atom stereocenters. The second kappa shape index (κ2) is 7.64. The van der Waals surface area contributed by atoms with Crippen LogP contribution in [-0.2, 0) is 0 Å². The molecule has 0 saturated carbocycles. The third-order valence-corrected chi connectivity index (χ3v) is 4.46. The van der Waals surface area contributed by atoms with Crippen LogP contribution in [0.2, 0.25) is 0 Å². The molecular weight excluding hydrogens is 299 g/mol. The van der Waals surface area contributed by atoms with Gasteiger partial charge in [0.25, 0.3) is 0 Å². The molecule has 2 rings (SSSR count). The van der Waals surface area contributed by atoms with Crippen LogP contribution in [0, 0.1) is 5.82 Å². The van der Waals surface area contributed by atoms with Crippen LogP contribution in [0.4, 0.5) is 9.18 Å². The molecule has 0 spiro atoms. The van der Waals surface area contributed by atoms with Gasteiger partial charge in [-0.15, -0.1) is 0 Å². The number of fused-ring (bicyclic) bond motifs is 1. The van der Waals surface area contributed by atoms with Gasteiger partial charge in [0.2, 0.25) is 0 Å². The Morgan fingerprint density at radius 3 is 2.87 bits per heavy atom. The Morgan fingerprint density at radius 2 is 2.17 bits per heavy atom. The number of ether oxygens (including phenoxy) is 1. The number of hydrogen-bond acceptors (Lipinski definition) is 3. The minimum atomic E-state index is -0.895. The van der Waals surface area contributed by atoms with Crippen molar-refractivity contribution in [3.63, 3.8) is 0 Å². The van der Waals surface area contributed by atoms with E-state index in [1.807, 2.05) is 13.8 Å². The molecule has 0 radical (unpaired) electrons. The van der Waals surface area contributed by atoms with E-state index in [1.165, 1.54) is 6.07 Å². The van der Waals surface area contributed by atoms with E-state index in [1.54, 1.807) is 12.1 Å². The third-order valence-electron chi connectivity index (χ3n) is 4.46. The van der Waals surface area contributed by atoms with Crippen molar-refractivity contribution in [2.75, 3.05) is 13.2 Å². The first-order valence-corrected chi connectivity index (χ1v) is 8.17. The topological polar surface area (TPSA) is 70.6 Å². The summed E-state index contributed by atoms with van der Waals surface area (Å²) in [4.78, 5) is 12.1. The van der Waals surface area contributed by atoms with Crippen LogP contribution in [0.5, 0.6) is 5.75 Å². The minimum absolute atomic E-state index is 0.186. The lowest BCUT2D eigenvalue weighted by Gasteiger charge is -2.26. The molecular formula is C17H25FN2O3. The van der Waals surface area contributed by atoms with Crippen LogP contribution >= 0.6 is 0 Å². The fourth-order valence-electron chi connectivity index (χ4n) is 2.67. The summed E-state index contributed by atoms with van der Waals surface area (Å²) >= 11 is 0. The number of amides is 2. The second-order valence-corrected chi connectivity index (χ2v) is 5.96. The first kappa shape index (κ1) is 17.5. The van der Waals surface area contributed by atoms with Crippen molar-refractivity contribution in [1.29, 1.82) is 0 Å². The zero-order valence-corrected chi connectivity index (χ0v) is 13.7. The smallest absolute Gasteiger partial charge is 0.315 e. The maximum atomic E-state index is 13.9. The molecule has 5 nitrogen and oxygen atoms in total. The SMILES string of the molecule is CCC(O)(CC)CNC(=O)NC1CCCOc2c(F)cccc21. The van der Waals surface area contributed by atoms with Crippen molar-refractivity contribution in [2.24, 2.45) is 0 Å². The fourth-order valence-corrected chi connectivity index (χ4v) is 2.67. The van der Waals surface area contributed by atoms with Crippen molar-refractivity contribution in [1.82, 2.24) is 10.6 Å². The number of aliphatic hydroxyl groups is 1. The largest absolute Gasteiger partial charge is 0.490 e. The lowest BCUT2D eigenvalue weighted by Crippen LogP contribution is -2.46. The van der Waals surface area contributed by atoms with Gasteiger partial charge in [0.05, 0.1) is 18.2 Å². The first-order valence-electron chi connectivity index (χ1n) is 8.17. The summed E-state index contributed by atoms with van der Waals surface area (Å²) in [5.41, 5.74) is -0.243. The standard InChI is InChI=1S/C17H25FN2O3/c1-3-17(22,4-2)11-19-16(21)20-14-9-6-10-23-15-12(14)7-5-8-13(15)18/h5,7-8,14,22H,3-4,6,9-11H2,1-2H3,(H2,19,20,21). The number of carbonyl (C=O) groups excluding carboxylic acids is 1. The normalized spacial score (nSPS) is 17.7. The molecule has 1 aliphatic heterocycles. The van der Waals surface area contributed by atoms with Crippen LogP contribution in [-0.4, -0.2) is 29.9 Å². The molecule has 1 aliphatic rings. The first-order chi connectivity index (χ1) is 11.0. The monoisotopic (exact) mass is 324 g/mol. The van der Waals surface area contributed by atoms with Crippen molar-refractivity contribution in [3.8, 4) is 5.75 Å². The number of carbonyl (C=O) groups is 1. The van der Waals surface area contributed by atoms with Gasteiger partial charge in [-0.25, -0.2) is 9.18 Å². The number of halogens is 1. The fraction of sp³-hybridized carbons (Fsp3) is 0.588. The summed E-state index contributed by atoms with van der Waals surface area (Å²) in [7, 11) is 0. The van der Waals surface area contributed by atoms with Gasteiger partial charge in [-0.05, 0) is 31.7 Å². The van der Waals surface area contributed by atoms with Crippen LogP contribution in [0.1, 0.15) is 51.1 Å². The minimum Gasteiger partial charge on any atom is -0.490 e. The van der Waals surface area contributed by atoms with Crippen LogP contribution < -0.4 is 15.4 Å². The van der Waals surface area contributed by atoms with Gasteiger partial charge in [-0.1, -0.05) is 26.0 Å². The summed E-state index contributed by atoms with van der Waals surface area (Å²) in [5.74, 6) is -0.197. The Bertz CT molecular complexity index is 547. The molecule has 1 aromatic carbocycles. The molecule has 1 heterocycles. The number of urea groups is 1. The average Bonchev–Trinajstić information content (AvgIpc) is 2.76. The van der Waals surface area contributed by atoms with E-state index in [0.29, 0.717) is 31.4 Å². The zero-order chi connectivity index (χ0) is 16.9. The second-order valence-electron chi connectivity index (χ2n) is 5.96. The highest BCUT2D eigenvalue weighted by atomic mass is 19.1. The Labute approximate surface area is 136 Å². The van der Waals surface area contributed by atoms with Crippen LogP contribution in [0.25, 0.3) is 0 Å². The molecule has 0 bridgehead atoms. The van der Waals surface area contributed by atoms with Gasteiger partial charge in [0, 0.05) is 12.1 Å². The highest BCUT2D eigenvalue weighted by Gasteiger charge is 2.26. The number of nitrogens with one attached hydrogen (secondary N) is 2. The summed E-state index contributed by atoms with van der Waals surface area (Å²) in [6.45, 7) is 4.37. The molecule has 0 fully saturated rings. The van der Waals surface area contributed by atoms with E-state index in [-0.39, 0.29) is 24.4 Å². The number of benzene rings is 1. The Kier molecular flexibility index (Phi) is 5.82. The summed E-state index contributed by atoms with van der Waals surface area (Å²) in [6, 6.07) is 4.06. The quantitative estimate of drug-likeness (QED) is 0.780. The molecule has 0 aliphatic carbocycles. The third kappa shape index (κ3) is 4.34. The van der Waals surface area contributed by atoms with E-state index in [9.17, 15) is 14.3 Å². The average molecular weight is 324 g/mol. The van der Waals surface area contributed by atoms with Crippen molar-refractivity contribution >= 4 is 6.03 Å². The van der Waals surface area contributed by atoms with E-state index in [0.717, 1.165) is 6.42 Å². The summed E-state index contributed by atoms with van der Waals surface area (Å²) < 4.78 is 19.3. The van der Waals surface area contributed by atoms with Gasteiger partial charge in [-0.3, -0.25) is 0 Å². The maximum absolute atomic E-state index is 13.9. The van der Waals surface area contributed by atoms with E-state index >= 15 is 0 Å². The van der Waals surface area contributed by atoms with Crippen molar-refractivity contribution < 1.29 is 19.0 Å². The van der Waals surface area contributed by atoms with Gasteiger partial charge in [0.15, 0.2) is 11.6 Å². The number of para-hydroxylation sites is 1. The van der Waals surface area contributed by atoms with Gasteiger partial charge < -0.3 is 20.5 Å². The summed E-state index contributed by atoms with van der Waals surface area (Å²) in [5, 5.41) is 15.8. The van der Waals surface area contributed by atoms with Crippen molar-refractivity contribution in [3.05, 3.63) is 29.6 Å². The molecule has 1 aromatic rings. The van der Waals surface area contributed by atoms with Crippen LogP contribution in [0.15, 0.2) is 18.2 Å². The predicted octanol–water partition coefficient (Wildman–Crippen LogP) is 2.89. The number of rotatable bonds is 5. The van der Waals surface area contributed by atoms with Gasteiger partial charge in [0.1, 0.15) is 0 Å². The molecule has 2 amide bonds. The summed E-state index contributed by atoms with van der Waals surface area (Å²) in [6.07, 6.45) is 2.53. The Hall–Kier alpha value is -1.82. The maximum Gasteiger partial charge on any atom is 0.315 e. The van der Waals surface area contributed by atoms with E-state index < -0.39 is 11.4 Å². The zero-order valence-electron chi connectivity index (χ0n) is 13.7.